The Balaban J connectivity index is 1.42. The van der Waals surface area contributed by atoms with Crippen molar-refractivity contribution >= 4 is 23.2 Å². The monoisotopic (exact) mass is 415 g/mol. The Bertz CT molecular complexity index is 981. The summed E-state index contributed by atoms with van der Waals surface area (Å²) in [5.74, 6) is -0.459. The molecule has 29 heavy (non-hydrogen) atoms. The molecule has 1 amide bonds. The van der Waals surface area contributed by atoms with Crippen molar-refractivity contribution in [2.45, 2.75) is 6.10 Å². The van der Waals surface area contributed by atoms with Crippen LogP contribution in [0.4, 0.5) is 10.1 Å². The van der Waals surface area contributed by atoms with Gasteiger partial charge in [0.2, 0.25) is 5.91 Å². The lowest BCUT2D eigenvalue weighted by atomic mass is 10.1. The fourth-order valence-corrected chi connectivity index (χ4v) is 3.43. The van der Waals surface area contributed by atoms with E-state index in [1.54, 1.807) is 41.3 Å². The smallest absolute Gasteiger partial charge is 0.238 e. The van der Waals surface area contributed by atoms with Crippen molar-refractivity contribution in [3.63, 3.8) is 0 Å². The Labute approximate surface area is 172 Å². The minimum absolute atomic E-state index is 0.173. The molecule has 0 bridgehead atoms. The number of anilines is 1. The first-order valence-corrected chi connectivity index (χ1v) is 9.50. The van der Waals surface area contributed by atoms with Gasteiger partial charge in [0.25, 0.3) is 0 Å². The minimum atomic E-state index is -0.287. The number of carbonyl (C=O) groups excluding carboxylic acids is 1. The molecule has 0 saturated carbocycles. The molecule has 1 N–H and O–H groups in total. The number of ether oxygens (including phenoxy) is 1. The molecule has 0 aliphatic carbocycles. The Morgan fingerprint density at radius 3 is 2.86 bits per heavy atom. The maximum Gasteiger partial charge on any atom is 0.238 e. The van der Waals surface area contributed by atoms with E-state index in [1.807, 2.05) is 4.90 Å². The first-order chi connectivity index (χ1) is 14.1. The van der Waals surface area contributed by atoms with Crippen molar-refractivity contribution in [1.82, 2.24) is 19.7 Å². The molecule has 0 spiro atoms. The molecule has 1 unspecified atom stereocenters. The Morgan fingerprint density at radius 1 is 1.28 bits per heavy atom. The van der Waals surface area contributed by atoms with Crippen LogP contribution in [0.5, 0.6) is 0 Å². The van der Waals surface area contributed by atoms with Crippen molar-refractivity contribution in [1.29, 1.82) is 0 Å². The number of nitrogens with one attached hydrogen (secondary N) is 1. The average Bonchev–Trinajstić information content (AvgIpc) is 3.23. The van der Waals surface area contributed by atoms with Gasteiger partial charge in [0.05, 0.1) is 30.6 Å². The molecule has 1 saturated heterocycles. The summed E-state index contributed by atoms with van der Waals surface area (Å²) in [7, 11) is 0. The van der Waals surface area contributed by atoms with E-state index in [-0.39, 0.29) is 24.4 Å². The van der Waals surface area contributed by atoms with Crippen LogP contribution in [0.25, 0.3) is 5.69 Å². The van der Waals surface area contributed by atoms with Gasteiger partial charge in [-0.3, -0.25) is 9.69 Å². The van der Waals surface area contributed by atoms with E-state index in [2.05, 4.69) is 15.4 Å². The van der Waals surface area contributed by atoms with Crippen LogP contribution < -0.4 is 5.32 Å². The van der Waals surface area contributed by atoms with Crippen molar-refractivity contribution in [3.8, 4) is 5.69 Å². The molecule has 1 atom stereocenters. The highest BCUT2D eigenvalue weighted by atomic mass is 35.5. The van der Waals surface area contributed by atoms with E-state index in [0.29, 0.717) is 36.1 Å². The zero-order chi connectivity index (χ0) is 20.2. The molecular formula is C20H19ClFN5O2. The lowest BCUT2D eigenvalue weighted by Crippen LogP contribution is -2.42. The number of halogens is 2. The van der Waals surface area contributed by atoms with E-state index in [1.165, 1.54) is 18.5 Å². The topological polar surface area (TPSA) is 72.3 Å². The average molecular weight is 416 g/mol. The normalized spacial score (nSPS) is 17.2. The van der Waals surface area contributed by atoms with Crippen LogP contribution in [-0.2, 0) is 9.53 Å². The van der Waals surface area contributed by atoms with E-state index in [0.717, 1.165) is 5.56 Å². The lowest BCUT2D eigenvalue weighted by molar-refractivity contribution is -0.119. The highest BCUT2D eigenvalue weighted by Crippen LogP contribution is 2.25. The third-order valence-electron chi connectivity index (χ3n) is 4.66. The molecule has 2 aromatic carbocycles. The van der Waals surface area contributed by atoms with Crippen molar-refractivity contribution in [2.24, 2.45) is 0 Å². The Hall–Kier alpha value is -2.81. The molecule has 4 rings (SSSR count). The van der Waals surface area contributed by atoms with Crippen LogP contribution in [0.2, 0.25) is 5.02 Å². The summed E-state index contributed by atoms with van der Waals surface area (Å²) in [5.41, 5.74) is 2.11. The molecule has 150 valence electrons. The van der Waals surface area contributed by atoms with Crippen LogP contribution in [0, 0.1) is 5.82 Å². The number of amides is 1. The number of morpholine rings is 1. The highest BCUT2D eigenvalue weighted by molar-refractivity contribution is 6.31. The van der Waals surface area contributed by atoms with Gasteiger partial charge in [0.1, 0.15) is 18.5 Å². The third kappa shape index (κ3) is 4.79. The van der Waals surface area contributed by atoms with Crippen LogP contribution in [0.3, 0.4) is 0 Å². The molecule has 2 heterocycles. The van der Waals surface area contributed by atoms with Gasteiger partial charge in [0.15, 0.2) is 0 Å². The summed E-state index contributed by atoms with van der Waals surface area (Å²) >= 11 is 6.10. The standard InChI is InChI=1S/C20H19ClFN5O2/c21-15-3-6-18(27-13-23-12-24-27)17(9-15)25-20(28)11-26-7-8-29-19(10-26)14-1-4-16(22)5-2-14/h1-6,9,12-13,19H,7-8,10-11H2,(H,25,28). The molecular weight excluding hydrogens is 397 g/mol. The fourth-order valence-electron chi connectivity index (χ4n) is 3.26. The molecule has 0 radical (unpaired) electrons. The van der Waals surface area contributed by atoms with Crippen LogP contribution in [0.15, 0.2) is 55.1 Å². The maximum absolute atomic E-state index is 13.1. The second kappa shape index (κ2) is 8.69. The van der Waals surface area contributed by atoms with Gasteiger partial charge < -0.3 is 10.1 Å². The van der Waals surface area contributed by atoms with E-state index >= 15 is 0 Å². The second-order valence-corrected chi connectivity index (χ2v) is 7.13. The number of nitrogens with zero attached hydrogens (tertiary/aromatic N) is 4. The van der Waals surface area contributed by atoms with E-state index in [9.17, 15) is 9.18 Å². The first-order valence-electron chi connectivity index (χ1n) is 9.12. The summed E-state index contributed by atoms with van der Waals surface area (Å²) in [4.78, 5) is 18.6. The largest absolute Gasteiger partial charge is 0.371 e. The van der Waals surface area contributed by atoms with Crippen molar-refractivity contribution < 1.29 is 13.9 Å². The summed E-state index contributed by atoms with van der Waals surface area (Å²) in [6, 6.07) is 11.4. The SMILES string of the molecule is O=C(CN1CCOC(c2ccc(F)cc2)C1)Nc1cc(Cl)ccc1-n1cncn1. The summed E-state index contributed by atoms with van der Waals surface area (Å²) in [6.45, 7) is 1.88. The summed E-state index contributed by atoms with van der Waals surface area (Å²) in [5, 5.41) is 7.52. The molecule has 1 fully saturated rings. The van der Waals surface area contributed by atoms with Crippen molar-refractivity contribution in [3.05, 3.63) is 71.5 Å². The van der Waals surface area contributed by atoms with Crippen LogP contribution in [0.1, 0.15) is 11.7 Å². The molecule has 3 aromatic rings. The number of hydrogen-bond donors (Lipinski definition) is 1. The highest BCUT2D eigenvalue weighted by Gasteiger charge is 2.24. The number of rotatable bonds is 5. The van der Waals surface area contributed by atoms with E-state index < -0.39 is 0 Å². The molecule has 1 aromatic heterocycles. The first kappa shape index (κ1) is 19.5. The lowest BCUT2D eigenvalue weighted by Gasteiger charge is -2.32. The van der Waals surface area contributed by atoms with Gasteiger partial charge in [0, 0.05) is 18.1 Å². The van der Waals surface area contributed by atoms with Gasteiger partial charge in [-0.25, -0.2) is 14.1 Å². The van der Waals surface area contributed by atoms with Gasteiger partial charge in [-0.2, -0.15) is 5.10 Å². The number of benzene rings is 2. The summed E-state index contributed by atoms with van der Waals surface area (Å²) in [6.07, 6.45) is 2.77. The predicted octanol–water partition coefficient (Wildman–Crippen LogP) is 3.07. The van der Waals surface area contributed by atoms with E-state index in [4.69, 9.17) is 16.3 Å². The quantitative estimate of drug-likeness (QED) is 0.693. The van der Waals surface area contributed by atoms with Gasteiger partial charge >= 0.3 is 0 Å². The minimum Gasteiger partial charge on any atom is -0.371 e. The third-order valence-corrected chi connectivity index (χ3v) is 4.89. The van der Waals surface area contributed by atoms with Gasteiger partial charge in [-0.05, 0) is 35.9 Å². The van der Waals surface area contributed by atoms with Crippen molar-refractivity contribution in [2.75, 3.05) is 31.6 Å². The molecule has 1 aliphatic heterocycles. The summed E-state index contributed by atoms with van der Waals surface area (Å²) < 4.78 is 20.5. The Kier molecular flexibility index (Phi) is 5.84. The zero-order valence-electron chi connectivity index (χ0n) is 15.5. The fraction of sp³-hybridized carbons (Fsp3) is 0.250. The maximum atomic E-state index is 13.1. The number of aromatic nitrogens is 3. The second-order valence-electron chi connectivity index (χ2n) is 6.70. The Morgan fingerprint density at radius 2 is 2.10 bits per heavy atom. The molecule has 1 aliphatic rings. The van der Waals surface area contributed by atoms with Crippen LogP contribution >= 0.6 is 11.6 Å². The predicted molar refractivity (Wildman–Crippen MR) is 107 cm³/mol. The number of hydrogen-bond acceptors (Lipinski definition) is 5. The zero-order valence-corrected chi connectivity index (χ0v) is 16.2. The molecule has 7 nitrogen and oxygen atoms in total. The van der Waals surface area contributed by atoms with Crippen LogP contribution in [-0.4, -0.2) is 51.8 Å². The molecule has 9 heteroatoms. The number of carbonyl (C=O) groups is 1. The van der Waals surface area contributed by atoms with Gasteiger partial charge in [-0.1, -0.05) is 23.7 Å². The van der Waals surface area contributed by atoms with Gasteiger partial charge in [-0.15, -0.1) is 0 Å².